The summed E-state index contributed by atoms with van der Waals surface area (Å²) in [5.41, 5.74) is 4.58. The Morgan fingerprint density at radius 1 is 0.923 bits per heavy atom. The van der Waals surface area contributed by atoms with Gasteiger partial charge in [0.05, 0.1) is 23.1 Å². The maximum atomic E-state index is 13.2. The number of carbonyl (C=O) groups excluding carboxylic acids is 1. The highest BCUT2D eigenvalue weighted by Crippen LogP contribution is 2.36. The number of hydrogen-bond acceptors (Lipinski definition) is 3. The largest absolute Gasteiger partial charge is 0.282 e. The Bertz CT molecular complexity index is 1160. The van der Waals surface area contributed by atoms with Gasteiger partial charge in [0.1, 0.15) is 5.71 Å². The molecule has 0 unspecified atom stereocenters. The number of aliphatic imine (C=N–C) groups is 1. The van der Waals surface area contributed by atoms with Gasteiger partial charge in [-0.2, -0.15) is 5.10 Å². The molecule has 0 bridgehead atoms. The molecule has 5 nitrogen and oxygen atoms in total. The molecule has 5 rings (SSSR count). The van der Waals surface area contributed by atoms with E-state index in [1.54, 1.807) is 11.1 Å². The standard InChI is InChI=1S/C21H14N4O/c26-21-20(23-15-11-10-14-13-22-24-18(14)12-15)17-8-4-5-9-19(17)25(21)16-6-2-1-3-7-16/h1-13H,(H,22,24)/b23-20-. The average Bonchev–Trinajstić information content (AvgIpc) is 3.25. The van der Waals surface area contributed by atoms with E-state index in [-0.39, 0.29) is 5.91 Å². The first-order valence-electron chi connectivity index (χ1n) is 8.32. The number of para-hydroxylation sites is 2. The minimum atomic E-state index is -0.123. The minimum absolute atomic E-state index is 0.123. The highest BCUT2D eigenvalue weighted by Gasteiger charge is 2.34. The van der Waals surface area contributed by atoms with Crippen LogP contribution in [0.3, 0.4) is 0 Å². The molecule has 0 aliphatic carbocycles. The lowest BCUT2D eigenvalue weighted by Crippen LogP contribution is -2.25. The van der Waals surface area contributed by atoms with E-state index >= 15 is 0 Å². The van der Waals surface area contributed by atoms with Crippen molar-refractivity contribution in [2.75, 3.05) is 4.90 Å². The fourth-order valence-corrected chi connectivity index (χ4v) is 3.26. The minimum Gasteiger partial charge on any atom is -0.278 e. The molecule has 2 heterocycles. The van der Waals surface area contributed by atoms with Crippen LogP contribution in [0.5, 0.6) is 0 Å². The Morgan fingerprint density at radius 3 is 2.62 bits per heavy atom. The number of rotatable bonds is 2. The van der Waals surface area contributed by atoms with Crippen LogP contribution in [0.25, 0.3) is 10.9 Å². The maximum absolute atomic E-state index is 13.2. The van der Waals surface area contributed by atoms with Crippen molar-refractivity contribution in [1.29, 1.82) is 0 Å². The van der Waals surface area contributed by atoms with Crippen molar-refractivity contribution in [3.63, 3.8) is 0 Å². The fourth-order valence-electron chi connectivity index (χ4n) is 3.26. The number of aromatic nitrogens is 2. The van der Waals surface area contributed by atoms with E-state index in [4.69, 9.17) is 0 Å². The van der Waals surface area contributed by atoms with Crippen molar-refractivity contribution < 1.29 is 4.79 Å². The molecule has 1 N–H and O–H groups in total. The van der Waals surface area contributed by atoms with Gasteiger partial charge in [0.15, 0.2) is 0 Å². The molecule has 1 aliphatic rings. The molecule has 1 amide bonds. The van der Waals surface area contributed by atoms with E-state index in [9.17, 15) is 4.79 Å². The van der Waals surface area contributed by atoms with Crippen molar-refractivity contribution in [2.24, 2.45) is 4.99 Å². The summed E-state index contributed by atoms with van der Waals surface area (Å²) in [7, 11) is 0. The number of carbonyl (C=O) groups is 1. The maximum Gasteiger partial charge on any atom is 0.282 e. The van der Waals surface area contributed by atoms with Crippen molar-refractivity contribution in [1.82, 2.24) is 10.2 Å². The zero-order valence-corrected chi connectivity index (χ0v) is 13.8. The summed E-state index contributed by atoms with van der Waals surface area (Å²) in [4.78, 5) is 19.5. The second kappa shape index (κ2) is 5.67. The van der Waals surface area contributed by atoms with E-state index in [0.29, 0.717) is 5.71 Å². The third-order valence-corrected chi connectivity index (χ3v) is 4.49. The molecule has 124 valence electrons. The lowest BCUT2D eigenvalue weighted by atomic mass is 10.1. The van der Waals surface area contributed by atoms with E-state index in [1.165, 1.54) is 0 Å². The number of hydrogen-bond donors (Lipinski definition) is 1. The van der Waals surface area contributed by atoms with Crippen LogP contribution < -0.4 is 4.90 Å². The predicted octanol–water partition coefficient (Wildman–Crippen LogP) is 4.36. The summed E-state index contributed by atoms with van der Waals surface area (Å²) in [6, 6.07) is 23.1. The third kappa shape index (κ3) is 2.22. The number of benzene rings is 3. The van der Waals surface area contributed by atoms with Crippen molar-refractivity contribution >= 4 is 39.6 Å². The summed E-state index contributed by atoms with van der Waals surface area (Å²) in [5.74, 6) is -0.123. The second-order valence-electron chi connectivity index (χ2n) is 6.10. The van der Waals surface area contributed by atoms with Gasteiger partial charge < -0.3 is 0 Å². The van der Waals surface area contributed by atoms with E-state index in [1.807, 2.05) is 72.8 Å². The number of aromatic amines is 1. The molecule has 1 aliphatic heterocycles. The van der Waals surface area contributed by atoms with Crippen molar-refractivity contribution in [3.05, 3.63) is 84.6 Å². The SMILES string of the molecule is O=C1/C(=N\c2ccc3cn[nH]c3c2)c2ccccc2N1c1ccccc1. The first-order valence-corrected chi connectivity index (χ1v) is 8.32. The van der Waals surface area contributed by atoms with Crippen LogP contribution in [0, 0.1) is 0 Å². The van der Waals surface area contributed by atoms with Gasteiger partial charge >= 0.3 is 0 Å². The van der Waals surface area contributed by atoms with Crippen LogP contribution in [0.1, 0.15) is 5.56 Å². The summed E-state index contributed by atoms with van der Waals surface area (Å²) in [6.07, 6.45) is 1.76. The first-order chi connectivity index (χ1) is 12.8. The molecule has 0 saturated heterocycles. The average molecular weight is 338 g/mol. The van der Waals surface area contributed by atoms with Gasteiger partial charge in [0.25, 0.3) is 5.91 Å². The van der Waals surface area contributed by atoms with E-state index in [0.717, 1.165) is 33.5 Å². The summed E-state index contributed by atoms with van der Waals surface area (Å²) < 4.78 is 0. The first kappa shape index (κ1) is 14.6. The highest BCUT2D eigenvalue weighted by molar-refractivity contribution is 6.56. The summed E-state index contributed by atoms with van der Waals surface area (Å²) >= 11 is 0. The Balaban J connectivity index is 1.66. The van der Waals surface area contributed by atoms with Gasteiger partial charge in [-0.3, -0.25) is 14.8 Å². The molecule has 0 saturated carbocycles. The van der Waals surface area contributed by atoms with Crippen LogP contribution in [-0.2, 0) is 4.79 Å². The van der Waals surface area contributed by atoms with Crippen molar-refractivity contribution in [2.45, 2.75) is 0 Å². The van der Waals surface area contributed by atoms with Gasteiger partial charge in [-0.25, -0.2) is 4.99 Å². The second-order valence-corrected chi connectivity index (χ2v) is 6.10. The topological polar surface area (TPSA) is 61.4 Å². The molecular formula is C21H14N4O. The van der Waals surface area contributed by atoms with Crippen LogP contribution >= 0.6 is 0 Å². The molecule has 26 heavy (non-hydrogen) atoms. The number of fused-ring (bicyclic) bond motifs is 2. The smallest absolute Gasteiger partial charge is 0.278 e. The Labute approximate surface area is 149 Å². The van der Waals surface area contributed by atoms with Gasteiger partial charge in [-0.05, 0) is 36.4 Å². The van der Waals surface area contributed by atoms with Crippen LogP contribution in [0.15, 0.2) is 84.0 Å². The van der Waals surface area contributed by atoms with Crippen molar-refractivity contribution in [3.8, 4) is 0 Å². The highest BCUT2D eigenvalue weighted by atomic mass is 16.2. The Hall–Kier alpha value is -3.73. The fraction of sp³-hybridized carbons (Fsp3) is 0. The van der Waals surface area contributed by atoms with E-state index < -0.39 is 0 Å². The summed E-state index contributed by atoms with van der Waals surface area (Å²) in [6.45, 7) is 0. The molecule has 4 aromatic rings. The zero-order chi connectivity index (χ0) is 17.5. The quantitative estimate of drug-likeness (QED) is 0.590. The van der Waals surface area contributed by atoms with Crippen LogP contribution in [-0.4, -0.2) is 21.8 Å². The summed E-state index contributed by atoms with van der Waals surface area (Å²) in [5, 5.41) is 7.98. The number of nitrogens with zero attached hydrogens (tertiary/aromatic N) is 3. The van der Waals surface area contributed by atoms with Gasteiger partial charge in [0, 0.05) is 16.6 Å². The molecule has 0 fully saturated rings. The number of H-pyrrole nitrogens is 1. The third-order valence-electron chi connectivity index (χ3n) is 4.49. The lowest BCUT2D eigenvalue weighted by Gasteiger charge is -2.16. The Morgan fingerprint density at radius 2 is 1.73 bits per heavy atom. The molecule has 5 heteroatoms. The normalized spacial score (nSPS) is 15.0. The zero-order valence-electron chi connectivity index (χ0n) is 13.8. The predicted molar refractivity (Wildman–Crippen MR) is 102 cm³/mol. The number of amides is 1. The van der Waals surface area contributed by atoms with Gasteiger partial charge in [0.2, 0.25) is 0 Å². The molecule has 0 atom stereocenters. The molecular weight excluding hydrogens is 324 g/mol. The van der Waals surface area contributed by atoms with Crippen LogP contribution in [0.2, 0.25) is 0 Å². The monoisotopic (exact) mass is 338 g/mol. The number of nitrogens with one attached hydrogen (secondary N) is 1. The van der Waals surface area contributed by atoms with Gasteiger partial charge in [-0.15, -0.1) is 0 Å². The Kier molecular flexibility index (Phi) is 3.18. The lowest BCUT2D eigenvalue weighted by molar-refractivity contribution is -0.111. The molecule has 0 spiro atoms. The molecule has 1 aromatic heterocycles. The molecule has 3 aromatic carbocycles. The van der Waals surface area contributed by atoms with E-state index in [2.05, 4.69) is 15.2 Å². The van der Waals surface area contributed by atoms with Crippen LogP contribution in [0.4, 0.5) is 17.1 Å². The number of anilines is 2. The van der Waals surface area contributed by atoms with Gasteiger partial charge in [-0.1, -0.05) is 36.4 Å². The molecule has 0 radical (unpaired) electrons.